The SMILES string of the molecule is O=C(C[C@@H]1C(=O)N(c2ccc(F)cc2)C(=O)N1Cc1ccco1)Nc1ccc(F)cc1. The Kier molecular flexibility index (Phi) is 5.48. The largest absolute Gasteiger partial charge is 0.467 e. The number of carbonyl (C=O) groups is 3. The van der Waals surface area contributed by atoms with Crippen LogP contribution in [0.1, 0.15) is 12.2 Å². The monoisotopic (exact) mass is 425 g/mol. The van der Waals surface area contributed by atoms with E-state index < -0.39 is 35.5 Å². The van der Waals surface area contributed by atoms with Crippen LogP contribution in [-0.2, 0) is 16.1 Å². The molecule has 2 aromatic carbocycles. The Balaban J connectivity index is 1.58. The van der Waals surface area contributed by atoms with E-state index in [0.29, 0.717) is 11.4 Å². The molecular weight excluding hydrogens is 408 g/mol. The molecule has 9 heteroatoms. The summed E-state index contributed by atoms with van der Waals surface area (Å²) in [5, 5.41) is 2.59. The Bertz CT molecular complexity index is 1100. The zero-order valence-electron chi connectivity index (χ0n) is 16.1. The quantitative estimate of drug-likeness (QED) is 0.607. The van der Waals surface area contributed by atoms with Crippen molar-refractivity contribution in [1.82, 2.24) is 4.90 Å². The van der Waals surface area contributed by atoms with Gasteiger partial charge in [0, 0.05) is 5.69 Å². The highest BCUT2D eigenvalue weighted by molar-refractivity contribution is 6.22. The summed E-state index contributed by atoms with van der Waals surface area (Å²) in [7, 11) is 0. The lowest BCUT2D eigenvalue weighted by molar-refractivity contribution is -0.124. The molecule has 7 nitrogen and oxygen atoms in total. The molecule has 0 radical (unpaired) electrons. The van der Waals surface area contributed by atoms with Gasteiger partial charge >= 0.3 is 6.03 Å². The molecule has 0 aliphatic carbocycles. The number of urea groups is 1. The van der Waals surface area contributed by atoms with Crippen LogP contribution in [0.25, 0.3) is 0 Å². The Morgan fingerprint density at radius 3 is 2.23 bits per heavy atom. The third kappa shape index (κ3) is 4.30. The molecule has 0 spiro atoms. The fraction of sp³-hybridized carbons (Fsp3) is 0.136. The Hall–Kier alpha value is -4.01. The van der Waals surface area contributed by atoms with Crippen molar-refractivity contribution in [2.75, 3.05) is 10.2 Å². The third-order valence-electron chi connectivity index (χ3n) is 4.82. The van der Waals surface area contributed by atoms with Gasteiger partial charge in [-0.15, -0.1) is 0 Å². The summed E-state index contributed by atoms with van der Waals surface area (Å²) in [5.74, 6) is -1.66. The Morgan fingerprint density at radius 1 is 0.968 bits per heavy atom. The van der Waals surface area contributed by atoms with Crippen molar-refractivity contribution < 1.29 is 27.6 Å². The standard InChI is InChI=1S/C22H17F2N3O4/c23-14-3-7-16(8-4-14)25-20(28)12-19-21(29)27(17-9-5-15(24)6-10-17)22(30)26(19)13-18-2-1-11-31-18/h1-11,19H,12-13H2,(H,25,28)/t19-/m1/s1. The summed E-state index contributed by atoms with van der Waals surface area (Å²) < 4.78 is 31.6. The first-order valence-corrected chi connectivity index (χ1v) is 9.40. The molecule has 4 rings (SSSR count). The number of hydrogen-bond acceptors (Lipinski definition) is 4. The van der Waals surface area contributed by atoms with Gasteiger partial charge in [-0.05, 0) is 60.7 Å². The van der Waals surface area contributed by atoms with E-state index in [-0.39, 0.29) is 18.7 Å². The van der Waals surface area contributed by atoms with E-state index in [1.807, 2.05) is 0 Å². The number of nitrogens with zero attached hydrogens (tertiary/aromatic N) is 2. The van der Waals surface area contributed by atoms with Gasteiger partial charge in [0.25, 0.3) is 5.91 Å². The van der Waals surface area contributed by atoms with E-state index in [4.69, 9.17) is 4.42 Å². The minimum absolute atomic E-state index is 0.0240. The number of amides is 4. The van der Waals surface area contributed by atoms with Crippen molar-refractivity contribution in [3.63, 3.8) is 0 Å². The summed E-state index contributed by atoms with van der Waals surface area (Å²) in [4.78, 5) is 40.8. The Labute approximate surface area is 175 Å². The zero-order chi connectivity index (χ0) is 22.0. The predicted octanol–water partition coefficient (Wildman–Crippen LogP) is 3.92. The van der Waals surface area contributed by atoms with Gasteiger partial charge in [0.2, 0.25) is 5.91 Å². The number of anilines is 2. The molecule has 3 aromatic rings. The normalized spacial score (nSPS) is 16.1. The highest BCUT2D eigenvalue weighted by atomic mass is 19.1. The molecule has 0 unspecified atom stereocenters. The average Bonchev–Trinajstić information content (AvgIpc) is 3.33. The van der Waals surface area contributed by atoms with Crippen molar-refractivity contribution in [1.29, 1.82) is 0 Å². The fourth-order valence-electron chi connectivity index (χ4n) is 3.33. The number of rotatable bonds is 6. The van der Waals surface area contributed by atoms with Crippen LogP contribution in [0, 0.1) is 11.6 Å². The zero-order valence-corrected chi connectivity index (χ0v) is 16.1. The molecule has 1 N–H and O–H groups in total. The van der Waals surface area contributed by atoms with Gasteiger partial charge in [-0.1, -0.05) is 0 Å². The van der Waals surface area contributed by atoms with Gasteiger partial charge in [0.1, 0.15) is 23.4 Å². The lowest BCUT2D eigenvalue weighted by Gasteiger charge is -2.20. The van der Waals surface area contributed by atoms with E-state index in [1.54, 1.807) is 12.1 Å². The molecule has 1 atom stereocenters. The fourth-order valence-corrected chi connectivity index (χ4v) is 3.33. The van der Waals surface area contributed by atoms with Gasteiger partial charge in [0.15, 0.2) is 0 Å². The predicted molar refractivity (Wildman–Crippen MR) is 107 cm³/mol. The van der Waals surface area contributed by atoms with Gasteiger partial charge in [-0.25, -0.2) is 18.5 Å². The smallest absolute Gasteiger partial charge is 0.332 e. The topological polar surface area (TPSA) is 82.9 Å². The van der Waals surface area contributed by atoms with Crippen molar-refractivity contribution >= 4 is 29.2 Å². The average molecular weight is 425 g/mol. The molecule has 158 valence electrons. The summed E-state index contributed by atoms with van der Waals surface area (Å²) in [6, 6.07) is 11.6. The first-order chi connectivity index (χ1) is 14.9. The number of benzene rings is 2. The summed E-state index contributed by atoms with van der Waals surface area (Å²) in [6.07, 6.45) is 1.12. The molecule has 4 amide bonds. The van der Waals surface area contributed by atoms with Crippen molar-refractivity contribution in [2.24, 2.45) is 0 Å². The number of hydrogen-bond donors (Lipinski definition) is 1. The molecule has 1 aromatic heterocycles. The maximum absolute atomic E-state index is 13.3. The molecule has 1 saturated heterocycles. The first-order valence-electron chi connectivity index (χ1n) is 9.40. The maximum atomic E-state index is 13.3. The van der Waals surface area contributed by atoms with E-state index in [2.05, 4.69) is 5.32 Å². The van der Waals surface area contributed by atoms with Crippen LogP contribution in [0.3, 0.4) is 0 Å². The van der Waals surface area contributed by atoms with Crippen LogP contribution >= 0.6 is 0 Å². The molecule has 1 fully saturated rings. The van der Waals surface area contributed by atoms with Gasteiger partial charge < -0.3 is 14.6 Å². The van der Waals surface area contributed by atoms with Crippen LogP contribution in [0.2, 0.25) is 0 Å². The highest BCUT2D eigenvalue weighted by Gasteiger charge is 2.47. The van der Waals surface area contributed by atoms with E-state index in [9.17, 15) is 23.2 Å². The second-order valence-electron chi connectivity index (χ2n) is 6.91. The summed E-state index contributed by atoms with van der Waals surface area (Å²) >= 11 is 0. The van der Waals surface area contributed by atoms with Crippen LogP contribution in [0.5, 0.6) is 0 Å². The lowest BCUT2D eigenvalue weighted by Crippen LogP contribution is -2.37. The Morgan fingerprint density at radius 2 is 1.61 bits per heavy atom. The second kappa shape index (κ2) is 8.39. The molecule has 1 aliphatic rings. The van der Waals surface area contributed by atoms with Crippen LogP contribution in [0.4, 0.5) is 25.0 Å². The van der Waals surface area contributed by atoms with E-state index in [1.165, 1.54) is 47.6 Å². The number of furan rings is 1. The van der Waals surface area contributed by atoms with Crippen molar-refractivity contribution in [3.8, 4) is 0 Å². The summed E-state index contributed by atoms with van der Waals surface area (Å²) in [6.45, 7) is -0.0240. The van der Waals surface area contributed by atoms with Crippen LogP contribution in [-0.4, -0.2) is 28.8 Å². The van der Waals surface area contributed by atoms with E-state index >= 15 is 0 Å². The van der Waals surface area contributed by atoms with Gasteiger partial charge in [-0.3, -0.25) is 9.59 Å². The summed E-state index contributed by atoms with van der Waals surface area (Å²) in [5.41, 5.74) is 0.554. The number of halogens is 2. The van der Waals surface area contributed by atoms with Gasteiger partial charge in [0.05, 0.1) is 24.9 Å². The van der Waals surface area contributed by atoms with Gasteiger partial charge in [-0.2, -0.15) is 0 Å². The van der Waals surface area contributed by atoms with Crippen molar-refractivity contribution in [2.45, 2.75) is 19.0 Å². The third-order valence-corrected chi connectivity index (χ3v) is 4.82. The molecule has 1 aliphatic heterocycles. The molecule has 0 bridgehead atoms. The molecule has 31 heavy (non-hydrogen) atoms. The van der Waals surface area contributed by atoms with Crippen LogP contribution < -0.4 is 10.2 Å². The molecular formula is C22H17F2N3O4. The highest BCUT2D eigenvalue weighted by Crippen LogP contribution is 2.29. The van der Waals surface area contributed by atoms with Crippen molar-refractivity contribution in [3.05, 3.63) is 84.3 Å². The first kappa shape index (κ1) is 20.3. The lowest BCUT2D eigenvalue weighted by atomic mass is 10.1. The maximum Gasteiger partial charge on any atom is 0.332 e. The minimum atomic E-state index is -1.09. The molecule has 2 heterocycles. The molecule has 0 saturated carbocycles. The van der Waals surface area contributed by atoms with Crippen LogP contribution in [0.15, 0.2) is 71.3 Å². The number of imide groups is 1. The number of nitrogens with one attached hydrogen (secondary N) is 1. The minimum Gasteiger partial charge on any atom is -0.467 e. The number of carbonyl (C=O) groups excluding carboxylic acids is 3. The van der Waals surface area contributed by atoms with E-state index in [0.717, 1.165) is 17.0 Å². The second-order valence-corrected chi connectivity index (χ2v) is 6.91.